The van der Waals surface area contributed by atoms with Crippen LogP contribution in [0.1, 0.15) is 41.6 Å². The Labute approximate surface area is 131 Å². The molecule has 2 rings (SSSR count). The van der Waals surface area contributed by atoms with Gasteiger partial charge in [0.25, 0.3) is 0 Å². The topological polar surface area (TPSA) is 69.6 Å². The Kier molecular flexibility index (Phi) is 5.95. The predicted octanol–water partition coefficient (Wildman–Crippen LogP) is 1.92. The molecule has 1 aliphatic rings. The van der Waals surface area contributed by atoms with Crippen LogP contribution in [0.25, 0.3) is 0 Å². The van der Waals surface area contributed by atoms with Gasteiger partial charge in [0.05, 0.1) is 11.6 Å². The van der Waals surface area contributed by atoms with Crippen molar-refractivity contribution in [2.45, 2.75) is 38.1 Å². The number of likely N-dealkylation sites (N-methyl/N-ethyl adjacent to an activating group) is 1. The van der Waals surface area contributed by atoms with Gasteiger partial charge in [-0.1, -0.05) is 25.0 Å². The minimum Gasteiger partial charge on any atom is -0.478 e. The summed E-state index contributed by atoms with van der Waals surface area (Å²) in [6.07, 6.45) is 5.11. The third-order valence-electron chi connectivity index (χ3n) is 4.24. The van der Waals surface area contributed by atoms with Gasteiger partial charge in [0.1, 0.15) is 0 Å². The number of carboxylic acids is 1. The van der Waals surface area contributed by atoms with Gasteiger partial charge in [0.15, 0.2) is 0 Å². The number of benzene rings is 1. The first-order valence-electron chi connectivity index (χ1n) is 7.88. The summed E-state index contributed by atoms with van der Waals surface area (Å²) < 4.78 is 0. The van der Waals surface area contributed by atoms with E-state index in [1.54, 1.807) is 24.3 Å². The fourth-order valence-electron chi connectivity index (χ4n) is 2.84. The minimum atomic E-state index is -0.920. The van der Waals surface area contributed by atoms with Gasteiger partial charge in [0.2, 0.25) is 5.91 Å². The van der Waals surface area contributed by atoms with Gasteiger partial charge >= 0.3 is 5.97 Å². The van der Waals surface area contributed by atoms with E-state index in [-0.39, 0.29) is 17.5 Å². The Morgan fingerprint density at radius 1 is 1.23 bits per heavy atom. The molecule has 120 valence electrons. The number of aromatic carboxylic acids is 1. The summed E-state index contributed by atoms with van der Waals surface area (Å²) in [5, 5.41) is 11.9. The average Bonchev–Trinajstić information content (AvgIpc) is 2.72. The zero-order chi connectivity index (χ0) is 15.9. The molecular weight excluding hydrogens is 280 g/mol. The predicted molar refractivity (Wildman–Crippen MR) is 85.0 cm³/mol. The average molecular weight is 304 g/mol. The van der Waals surface area contributed by atoms with Gasteiger partial charge in [0, 0.05) is 6.54 Å². The Morgan fingerprint density at radius 2 is 1.95 bits per heavy atom. The third-order valence-corrected chi connectivity index (χ3v) is 4.24. The van der Waals surface area contributed by atoms with Crippen LogP contribution in [-0.4, -0.2) is 48.1 Å². The number of likely N-dealkylation sites (tertiary alicyclic amines) is 1. The van der Waals surface area contributed by atoms with Crippen molar-refractivity contribution in [1.29, 1.82) is 0 Å². The largest absolute Gasteiger partial charge is 0.478 e. The SMILES string of the molecule is CN1CCCCCC1C(=O)NCCc1ccc(C(=O)O)cc1. The Balaban J connectivity index is 1.79. The molecule has 1 aliphatic heterocycles. The summed E-state index contributed by atoms with van der Waals surface area (Å²) in [4.78, 5) is 25.2. The lowest BCUT2D eigenvalue weighted by molar-refractivity contribution is -0.126. The van der Waals surface area contributed by atoms with Crippen molar-refractivity contribution in [3.63, 3.8) is 0 Å². The molecule has 0 radical (unpaired) electrons. The van der Waals surface area contributed by atoms with Crippen molar-refractivity contribution >= 4 is 11.9 Å². The van der Waals surface area contributed by atoms with Crippen LogP contribution in [0.2, 0.25) is 0 Å². The molecule has 0 saturated carbocycles. The molecule has 0 aromatic heterocycles. The Hall–Kier alpha value is -1.88. The number of hydrogen-bond donors (Lipinski definition) is 2. The Bertz CT molecular complexity index is 513. The van der Waals surface area contributed by atoms with Gasteiger partial charge in [-0.15, -0.1) is 0 Å². The standard InChI is InChI=1S/C17H24N2O3/c1-19-12-4-2-3-5-15(19)16(20)18-11-10-13-6-8-14(9-7-13)17(21)22/h6-9,15H,2-5,10-12H2,1H3,(H,18,20)(H,21,22). The van der Waals surface area contributed by atoms with Gasteiger partial charge in [-0.3, -0.25) is 9.69 Å². The fourth-order valence-corrected chi connectivity index (χ4v) is 2.84. The molecule has 0 spiro atoms. The minimum absolute atomic E-state index is 0.0168. The van der Waals surface area contributed by atoms with Crippen LogP contribution < -0.4 is 5.32 Å². The maximum atomic E-state index is 12.3. The number of hydrogen-bond acceptors (Lipinski definition) is 3. The molecule has 1 atom stereocenters. The maximum Gasteiger partial charge on any atom is 0.335 e. The summed E-state index contributed by atoms with van der Waals surface area (Å²) in [5.41, 5.74) is 1.31. The highest BCUT2D eigenvalue weighted by Gasteiger charge is 2.24. The summed E-state index contributed by atoms with van der Waals surface area (Å²) >= 11 is 0. The van der Waals surface area contributed by atoms with Crippen molar-refractivity contribution in [3.05, 3.63) is 35.4 Å². The lowest BCUT2D eigenvalue weighted by Gasteiger charge is -2.24. The molecule has 0 aliphatic carbocycles. The van der Waals surface area contributed by atoms with Crippen molar-refractivity contribution in [1.82, 2.24) is 10.2 Å². The number of nitrogens with zero attached hydrogens (tertiary/aromatic N) is 1. The smallest absolute Gasteiger partial charge is 0.335 e. The second-order valence-corrected chi connectivity index (χ2v) is 5.89. The first kappa shape index (κ1) is 16.5. The molecule has 0 bridgehead atoms. The summed E-state index contributed by atoms with van der Waals surface area (Å²) in [7, 11) is 2.01. The maximum absolute atomic E-state index is 12.3. The molecule has 1 saturated heterocycles. The Morgan fingerprint density at radius 3 is 2.64 bits per heavy atom. The molecule has 5 heteroatoms. The molecule has 1 unspecified atom stereocenters. The lowest BCUT2D eigenvalue weighted by atomic mass is 10.1. The number of rotatable bonds is 5. The molecular formula is C17H24N2O3. The van der Waals surface area contributed by atoms with Gasteiger partial charge in [-0.2, -0.15) is 0 Å². The van der Waals surface area contributed by atoms with Gasteiger partial charge < -0.3 is 10.4 Å². The highest BCUT2D eigenvalue weighted by molar-refractivity contribution is 5.87. The zero-order valence-electron chi connectivity index (χ0n) is 13.0. The van der Waals surface area contributed by atoms with Crippen molar-refractivity contribution in [3.8, 4) is 0 Å². The molecule has 1 heterocycles. The molecule has 1 aromatic carbocycles. The van der Waals surface area contributed by atoms with E-state index in [4.69, 9.17) is 5.11 Å². The summed E-state index contributed by atoms with van der Waals surface area (Å²) in [5.74, 6) is -0.817. The normalized spacial score (nSPS) is 19.4. The number of carboxylic acid groups (broad SMARTS) is 1. The molecule has 1 amide bonds. The van der Waals surface area contributed by atoms with E-state index in [9.17, 15) is 9.59 Å². The van der Waals surface area contributed by atoms with Crippen molar-refractivity contribution < 1.29 is 14.7 Å². The summed E-state index contributed by atoms with van der Waals surface area (Å²) in [6, 6.07) is 6.77. The second-order valence-electron chi connectivity index (χ2n) is 5.89. The summed E-state index contributed by atoms with van der Waals surface area (Å²) in [6.45, 7) is 1.56. The first-order chi connectivity index (χ1) is 10.6. The molecule has 2 N–H and O–H groups in total. The fraction of sp³-hybridized carbons (Fsp3) is 0.529. The van der Waals surface area contributed by atoms with Crippen LogP contribution in [0.4, 0.5) is 0 Å². The van der Waals surface area contributed by atoms with E-state index in [1.165, 1.54) is 6.42 Å². The van der Waals surface area contributed by atoms with Gasteiger partial charge in [-0.25, -0.2) is 4.79 Å². The van der Waals surface area contributed by atoms with Crippen LogP contribution in [0, 0.1) is 0 Å². The second kappa shape index (κ2) is 7.94. The van der Waals surface area contributed by atoms with E-state index in [2.05, 4.69) is 10.2 Å². The first-order valence-corrected chi connectivity index (χ1v) is 7.88. The molecule has 1 aromatic rings. The van der Waals surface area contributed by atoms with Crippen LogP contribution >= 0.6 is 0 Å². The van der Waals surface area contributed by atoms with E-state index >= 15 is 0 Å². The van der Waals surface area contributed by atoms with E-state index in [1.807, 2.05) is 7.05 Å². The van der Waals surface area contributed by atoms with E-state index < -0.39 is 5.97 Å². The number of carbonyl (C=O) groups excluding carboxylic acids is 1. The number of amides is 1. The van der Waals surface area contributed by atoms with Crippen molar-refractivity contribution in [2.75, 3.05) is 20.1 Å². The van der Waals surface area contributed by atoms with Crippen LogP contribution in [-0.2, 0) is 11.2 Å². The third kappa shape index (κ3) is 4.56. The van der Waals surface area contributed by atoms with Crippen LogP contribution in [0.5, 0.6) is 0 Å². The molecule has 5 nitrogen and oxygen atoms in total. The zero-order valence-corrected chi connectivity index (χ0v) is 13.0. The monoisotopic (exact) mass is 304 g/mol. The van der Waals surface area contributed by atoms with Crippen molar-refractivity contribution in [2.24, 2.45) is 0 Å². The van der Waals surface area contributed by atoms with Crippen LogP contribution in [0.15, 0.2) is 24.3 Å². The number of nitrogens with one attached hydrogen (secondary N) is 1. The lowest BCUT2D eigenvalue weighted by Crippen LogP contribution is -2.45. The molecule has 1 fully saturated rings. The van der Waals surface area contributed by atoms with Gasteiger partial charge in [-0.05, 0) is 50.6 Å². The highest BCUT2D eigenvalue weighted by atomic mass is 16.4. The van der Waals surface area contributed by atoms with Crippen LogP contribution in [0.3, 0.4) is 0 Å². The molecule has 22 heavy (non-hydrogen) atoms. The van der Waals surface area contributed by atoms with E-state index in [0.29, 0.717) is 13.0 Å². The van der Waals surface area contributed by atoms with E-state index in [0.717, 1.165) is 31.4 Å². The number of carbonyl (C=O) groups is 2. The quantitative estimate of drug-likeness (QED) is 0.872. The highest BCUT2D eigenvalue weighted by Crippen LogP contribution is 2.15.